The quantitative estimate of drug-likeness (QED) is 0.294. The molecule has 0 heterocycles. The van der Waals surface area contributed by atoms with Gasteiger partial charge in [0.15, 0.2) is 17.3 Å². The van der Waals surface area contributed by atoms with E-state index in [1.54, 1.807) is 13.8 Å². The van der Waals surface area contributed by atoms with Crippen molar-refractivity contribution in [2.45, 2.75) is 119 Å². The summed E-state index contributed by atoms with van der Waals surface area (Å²) in [5.41, 5.74) is -3.33. The van der Waals surface area contributed by atoms with Crippen molar-refractivity contribution < 1.29 is 28.6 Å². The number of ether oxygens (including phenoxy) is 3. The molecule has 188 valence electrons. The molecule has 4 unspecified atom stereocenters. The first-order valence-electron chi connectivity index (χ1n) is 12.1. The zero-order valence-corrected chi connectivity index (χ0v) is 22.5. The van der Waals surface area contributed by atoms with Crippen LogP contribution in [-0.2, 0) is 28.6 Å². The smallest absolute Gasteiger partial charge is 0.189 e. The summed E-state index contributed by atoms with van der Waals surface area (Å²) >= 11 is 0. The summed E-state index contributed by atoms with van der Waals surface area (Å²) in [7, 11) is 0. The Morgan fingerprint density at radius 1 is 0.750 bits per heavy atom. The Morgan fingerprint density at radius 3 is 1.72 bits per heavy atom. The monoisotopic (exact) mass is 456 g/mol. The summed E-state index contributed by atoms with van der Waals surface area (Å²) in [4.78, 5) is 39.0. The largest absolute Gasteiger partial charge is 0.374 e. The summed E-state index contributed by atoms with van der Waals surface area (Å²) in [6, 6.07) is 0. The van der Waals surface area contributed by atoms with Crippen molar-refractivity contribution in [1.82, 2.24) is 0 Å². The molecule has 6 heteroatoms. The van der Waals surface area contributed by atoms with Crippen LogP contribution in [0.15, 0.2) is 0 Å². The van der Waals surface area contributed by atoms with Gasteiger partial charge < -0.3 is 14.2 Å². The molecule has 0 saturated heterocycles. The molecule has 0 aliphatic rings. The van der Waals surface area contributed by atoms with E-state index in [1.807, 2.05) is 62.3 Å². The summed E-state index contributed by atoms with van der Waals surface area (Å²) in [5, 5.41) is 0. The lowest BCUT2D eigenvalue weighted by molar-refractivity contribution is -0.181. The van der Waals surface area contributed by atoms with E-state index in [2.05, 4.69) is 0 Å². The zero-order chi connectivity index (χ0) is 25.4. The number of ketones is 3. The van der Waals surface area contributed by atoms with Gasteiger partial charge in [-0.2, -0.15) is 0 Å². The Morgan fingerprint density at radius 2 is 1.31 bits per heavy atom. The molecular formula is C26H48O6. The van der Waals surface area contributed by atoms with Crippen molar-refractivity contribution in [3.63, 3.8) is 0 Å². The zero-order valence-electron chi connectivity index (χ0n) is 22.5. The van der Waals surface area contributed by atoms with Crippen LogP contribution in [0.4, 0.5) is 0 Å². The van der Waals surface area contributed by atoms with E-state index in [-0.39, 0.29) is 30.6 Å². The lowest BCUT2D eigenvalue weighted by atomic mass is 9.66. The number of hydrogen-bond acceptors (Lipinski definition) is 6. The van der Waals surface area contributed by atoms with E-state index in [4.69, 9.17) is 14.2 Å². The highest BCUT2D eigenvalue weighted by Crippen LogP contribution is 2.43. The molecule has 0 aliphatic carbocycles. The molecule has 32 heavy (non-hydrogen) atoms. The first-order chi connectivity index (χ1) is 14.6. The van der Waals surface area contributed by atoms with E-state index in [0.717, 1.165) is 6.42 Å². The molecule has 0 spiro atoms. The lowest BCUT2D eigenvalue weighted by Crippen LogP contribution is -2.56. The van der Waals surface area contributed by atoms with Gasteiger partial charge in [-0.3, -0.25) is 14.4 Å². The van der Waals surface area contributed by atoms with Gasteiger partial charge in [-0.05, 0) is 60.3 Å². The Bertz CT molecular complexity index is 642. The van der Waals surface area contributed by atoms with Gasteiger partial charge in [0, 0.05) is 12.0 Å². The normalized spacial score (nSPS) is 18.8. The van der Waals surface area contributed by atoms with Crippen molar-refractivity contribution in [3.05, 3.63) is 0 Å². The Balaban J connectivity index is 5.73. The third-order valence-electron chi connectivity index (χ3n) is 7.76. The predicted molar refractivity (Wildman–Crippen MR) is 128 cm³/mol. The highest BCUT2D eigenvalue weighted by atomic mass is 16.5. The second-order valence-corrected chi connectivity index (χ2v) is 9.99. The molecule has 0 aliphatic heterocycles. The van der Waals surface area contributed by atoms with Gasteiger partial charge in [-0.25, -0.2) is 0 Å². The van der Waals surface area contributed by atoms with E-state index >= 15 is 0 Å². The van der Waals surface area contributed by atoms with Crippen LogP contribution in [0.2, 0.25) is 0 Å². The van der Waals surface area contributed by atoms with Gasteiger partial charge in [0.1, 0.15) is 24.9 Å². The van der Waals surface area contributed by atoms with Crippen LogP contribution < -0.4 is 0 Å². The molecule has 0 fully saturated rings. The molecule has 0 rings (SSSR count). The van der Waals surface area contributed by atoms with Gasteiger partial charge in [-0.15, -0.1) is 0 Å². The number of rotatable bonds is 17. The standard InChI is InChI=1S/C26H48O6/c1-12-23(7,8)20(27)18-31-26(11,15-4)24(9,13-2)22(29)19(6)32-25(10,14-3)21(28)17-30-16-5/h19H,12-18H2,1-11H3. The van der Waals surface area contributed by atoms with Crippen molar-refractivity contribution in [2.24, 2.45) is 10.8 Å². The minimum absolute atomic E-state index is 0.0231. The fourth-order valence-corrected chi connectivity index (χ4v) is 3.66. The molecular weight excluding hydrogens is 408 g/mol. The van der Waals surface area contributed by atoms with Crippen LogP contribution in [0.1, 0.15) is 102 Å². The molecule has 6 nitrogen and oxygen atoms in total. The molecule has 0 aromatic carbocycles. The number of carbonyl (C=O) groups is 3. The molecule has 0 N–H and O–H groups in total. The Labute approximate surface area is 196 Å². The Hall–Kier alpha value is -1.11. The van der Waals surface area contributed by atoms with Crippen LogP contribution in [0, 0.1) is 10.8 Å². The average Bonchev–Trinajstić information content (AvgIpc) is 2.78. The third-order valence-corrected chi connectivity index (χ3v) is 7.76. The van der Waals surface area contributed by atoms with Crippen LogP contribution >= 0.6 is 0 Å². The van der Waals surface area contributed by atoms with Crippen molar-refractivity contribution in [1.29, 1.82) is 0 Å². The SMILES string of the molecule is CCOCC(=O)C(C)(CC)OC(C)C(=O)C(C)(CC)C(C)(CC)OCC(=O)C(C)(C)CC. The summed E-state index contributed by atoms with van der Waals surface area (Å²) in [6.45, 7) is 20.9. The van der Waals surface area contributed by atoms with Crippen molar-refractivity contribution in [3.8, 4) is 0 Å². The number of hydrogen-bond donors (Lipinski definition) is 0. The minimum atomic E-state index is -1.11. The van der Waals surface area contributed by atoms with E-state index in [1.165, 1.54) is 0 Å². The highest BCUT2D eigenvalue weighted by Gasteiger charge is 2.51. The molecule has 0 saturated carbocycles. The number of carbonyl (C=O) groups excluding carboxylic acids is 3. The van der Waals surface area contributed by atoms with Gasteiger partial charge in [0.2, 0.25) is 0 Å². The maximum atomic E-state index is 13.7. The first kappa shape index (κ1) is 30.9. The summed E-state index contributed by atoms with van der Waals surface area (Å²) < 4.78 is 17.6. The van der Waals surface area contributed by atoms with Crippen LogP contribution in [0.25, 0.3) is 0 Å². The van der Waals surface area contributed by atoms with Gasteiger partial charge in [0.25, 0.3) is 0 Å². The van der Waals surface area contributed by atoms with Gasteiger partial charge >= 0.3 is 0 Å². The van der Waals surface area contributed by atoms with Crippen LogP contribution in [0.3, 0.4) is 0 Å². The molecule has 0 bridgehead atoms. The fraction of sp³-hybridized carbons (Fsp3) is 0.885. The van der Waals surface area contributed by atoms with E-state index in [0.29, 0.717) is 25.9 Å². The maximum absolute atomic E-state index is 13.7. The first-order valence-corrected chi connectivity index (χ1v) is 12.1. The van der Waals surface area contributed by atoms with Crippen molar-refractivity contribution in [2.75, 3.05) is 19.8 Å². The topological polar surface area (TPSA) is 78.9 Å². The highest BCUT2D eigenvalue weighted by molar-refractivity contribution is 5.91. The number of Topliss-reactive ketones (excluding diaryl/α,β-unsaturated/α-hetero) is 3. The lowest BCUT2D eigenvalue weighted by Gasteiger charge is -2.46. The van der Waals surface area contributed by atoms with E-state index in [9.17, 15) is 14.4 Å². The third kappa shape index (κ3) is 6.94. The molecule has 4 atom stereocenters. The van der Waals surface area contributed by atoms with Crippen molar-refractivity contribution >= 4 is 17.3 Å². The van der Waals surface area contributed by atoms with Gasteiger partial charge in [-0.1, -0.05) is 41.5 Å². The van der Waals surface area contributed by atoms with Crippen LogP contribution in [0.5, 0.6) is 0 Å². The summed E-state index contributed by atoms with van der Waals surface area (Å²) in [6.07, 6.45) is 1.42. The second kappa shape index (κ2) is 12.4. The minimum Gasteiger partial charge on any atom is -0.374 e. The molecule has 0 radical (unpaired) electrons. The molecule has 0 amide bonds. The average molecular weight is 457 g/mol. The molecule has 0 aromatic rings. The summed E-state index contributed by atoms with van der Waals surface area (Å²) in [5.74, 6) is -0.285. The maximum Gasteiger partial charge on any atom is 0.189 e. The fourth-order valence-electron chi connectivity index (χ4n) is 3.66. The Kier molecular flexibility index (Phi) is 12.0. The second-order valence-electron chi connectivity index (χ2n) is 9.99. The molecule has 0 aromatic heterocycles. The van der Waals surface area contributed by atoms with Crippen LogP contribution in [-0.4, -0.2) is 54.5 Å². The van der Waals surface area contributed by atoms with E-state index < -0.39 is 28.1 Å². The predicted octanol–water partition coefficient (Wildman–Crippen LogP) is 5.34. The van der Waals surface area contributed by atoms with Gasteiger partial charge in [0.05, 0.1) is 11.0 Å².